The summed E-state index contributed by atoms with van der Waals surface area (Å²) in [4.78, 5) is 54.3. The highest BCUT2D eigenvalue weighted by Crippen LogP contribution is 2.74. The molecule has 5 rings (SSSR count). The van der Waals surface area contributed by atoms with Crippen LogP contribution in [0.2, 0.25) is 0 Å². The Balaban J connectivity index is 1.36. The van der Waals surface area contributed by atoms with Crippen molar-refractivity contribution in [2.75, 3.05) is 18.8 Å². The van der Waals surface area contributed by atoms with Crippen LogP contribution < -0.4 is 15.4 Å². The zero-order valence-corrected chi connectivity index (χ0v) is 26.6. The maximum atomic E-state index is 14.3. The molecule has 3 N–H and O–H groups in total. The van der Waals surface area contributed by atoms with E-state index in [9.17, 15) is 32.9 Å². The summed E-state index contributed by atoms with van der Waals surface area (Å²) >= 11 is 0. The summed E-state index contributed by atoms with van der Waals surface area (Å²) in [6.45, 7) is 14.3. The highest BCUT2D eigenvalue weighted by atomic mass is 32.2. The van der Waals surface area contributed by atoms with Crippen molar-refractivity contribution in [2.24, 2.45) is 45.3 Å². The quantitative estimate of drug-likeness (QED) is 0.358. The lowest BCUT2D eigenvalue weighted by molar-refractivity contribution is -0.143. The van der Waals surface area contributed by atoms with Crippen LogP contribution in [-0.2, 0) is 29.2 Å². The number of sulfonamides is 1. The van der Waals surface area contributed by atoms with Crippen LogP contribution >= 0.6 is 0 Å². The first kappa shape index (κ1) is 30.9. The Kier molecular flexibility index (Phi) is 7.17. The topological polar surface area (TPSA) is 166 Å². The molecule has 11 nitrogen and oxygen atoms in total. The van der Waals surface area contributed by atoms with E-state index in [4.69, 9.17) is 0 Å². The van der Waals surface area contributed by atoms with Gasteiger partial charge in [0, 0.05) is 36.8 Å². The summed E-state index contributed by atoms with van der Waals surface area (Å²) in [6, 6.07) is -0.838. The van der Waals surface area contributed by atoms with Crippen LogP contribution in [0.5, 0.6) is 0 Å². The number of hydrogen-bond donors (Lipinski definition) is 3. The third-order valence-corrected chi connectivity index (χ3v) is 12.9. The van der Waals surface area contributed by atoms with Gasteiger partial charge < -0.3 is 15.5 Å². The minimum Gasteiger partial charge on any atom is -0.356 e. The van der Waals surface area contributed by atoms with E-state index in [1.165, 1.54) is 4.90 Å². The van der Waals surface area contributed by atoms with Gasteiger partial charge in [-0.3, -0.25) is 19.2 Å². The number of piperidine rings is 1. The average Bonchev–Trinajstić information content (AvgIpc) is 3.43. The fourth-order valence-electron chi connectivity index (χ4n) is 8.47. The van der Waals surface area contributed by atoms with E-state index in [1.807, 2.05) is 13.8 Å². The van der Waals surface area contributed by atoms with Gasteiger partial charge in [0.1, 0.15) is 23.9 Å². The van der Waals surface area contributed by atoms with Crippen molar-refractivity contribution < 1.29 is 27.6 Å². The minimum absolute atomic E-state index is 0.0161. The van der Waals surface area contributed by atoms with E-state index in [1.54, 1.807) is 20.8 Å². The van der Waals surface area contributed by atoms with Gasteiger partial charge in [-0.1, -0.05) is 48.5 Å². The number of likely N-dealkylation sites (tertiary alicyclic amines) is 1. The van der Waals surface area contributed by atoms with Crippen LogP contribution in [0.3, 0.4) is 0 Å². The Labute approximate surface area is 249 Å². The first-order valence-electron chi connectivity index (χ1n) is 15.1. The van der Waals surface area contributed by atoms with Crippen molar-refractivity contribution in [3.8, 4) is 6.07 Å². The van der Waals surface area contributed by atoms with Gasteiger partial charge in [0.25, 0.3) is 0 Å². The molecule has 0 radical (unpaired) electrons. The lowest BCUT2D eigenvalue weighted by Crippen LogP contribution is -2.60. The first-order valence-corrected chi connectivity index (χ1v) is 16.8. The lowest BCUT2D eigenvalue weighted by atomic mass is 9.85. The third-order valence-electron chi connectivity index (χ3n) is 11.5. The van der Waals surface area contributed by atoms with Gasteiger partial charge in [0.2, 0.25) is 27.7 Å². The van der Waals surface area contributed by atoms with E-state index in [0.717, 1.165) is 0 Å². The van der Waals surface area contributed by atoms with E-state index in [-0.39, 0.29) is 64.9 Å². The molecule has 2 heterocycles. The third kappa shape index (κ3) is 4.84. The number of Topliss-reactive ketones (excluding diaryl/α,β-unsaturated/α-hetero) is 1. The van der Waals surface area contributed by atoms with Crippen molar-refractivity contribution in [2.45, 2.75) is 92.3 Å². The number of nitriles is 1. The Morgan fingerprint density at radius 3 is 2.38 bits per heavy atom. The SMILES string of the molecule is C[C@@H]1CC(=O)[C@@]2(CS(=O)(=O)N[C@H](C(=O)N3C[C@@]4(C)[C@@H]([C@H]3C(=O)N[C@H](C#N)C[C@@H]3CCNC3=O)C4(C)C)C(C)(C)C)CC12. The maximum absolute atomic E-state index is 14.3. The van der Waals surface area contributed by atoms with Crippen molar-refractivity contribution in [1.82, 2.24) is 20.3 Å². The van der Waals surface area contributed by atoms with E-state index < -0.39 is 50.8 Å². The van der Waals surface area contributed by atoms with Crippen LogP contribution in [0, 0.1) is 56.7 Å². The van der Waals surface area contributed by atoms with E-state index in [2.05, 4.69) is 35.3 Å². The number of fused-ring (bicyclic) bond motifs is 2. The monoisotopic (exact) mass is 603 g/mol. The Morgan fingerprint density at radius 1 is 1.21 bits per heavy atom. The minimum atomic E-state index is -4.01. The molecule has 0 aromatic heterocycles. The molecule has 0 aromatic rings. The highest BCUT2D eigenvalue weighted by molar-refractivity contribution is 7.89. The number of ketones is 1. The van der Waals surface area contributed by atoms with Gasteiger partial charge in [0.15, 0.2) is 0 Å². The number of nitrogens with zero attached hydrogens (tertiary/aromatic N) is 2. The van der Waals surface area contributed by atoms with Gasteiger partial charge >= 0.3 is 0 Å². The zero-order chi connectivity index (χ0) is 31.2. The summed E-state index contributed by atoms with van der Waals surface area (Å²) in [5.41, 5.74) is -2.27. The summed E-state index contributed by atoms with van der Waals surface area (Å²) in [6.07, 6.45) is 1.73. The molecule has 3 aliphatic carbocycles. The van der Waals surface area contributed by atoms with Crippen molar-refractivity contribution in [3.63, 3.8) is 0 Å². The van der Waals surface area contributed by atoms with Gasteiger partial charge in [-0.25, -0.2) is 13.1 Å². The molecular weight excluding hydrogens is 558 g/mol. The van der Waals surface area contributed by atoms with Gasteiger partial charge in [0.05, 0.1) is 11.8 Å². The van der Waals surface area contributed by atoms with Crippen molar-refractivity contribution >= 4 is 33.5 Å². The smallest absolute Gasteiger partial charge is 0.244 e. The van der Waals surface area contributed by atoms with Gasteiger partial charge in [-0.05, 0) is 47.3 Å². The summed E-state index contributed by atoms with van der Waals surface area (Å²) in [7, 11) is -4.01. The molecule has 5 aliphatic rings. The maximum Gasteiger partial charge on any atom is 0.244 e. The summed E-state index contributed by atoms with van der Waals surface area (Å²) in [5, 5.41) is 15.3. The predicted molar refractivity (Wildman–Crippen MR) is 154 cm³/mol. The van der Waals surface area contributed by atoms with Crippen molar-refractivity contribution in [1.29, 1.82) is 5.26 Å². The Hall–Kier alpha value is -2.52. The van der Waals surface area contributed by atoms with E-state index in [0.29, 0.717) is 25.8 Å². The summed E-state index contributed by atoms with van der Waals surface area (Å²) in [5.74, 6) is -1.75. The van der Waals surface area contributed by atoms with Crippen LogP contribution in [-0.4, -0.2) is 73.8 Å². The lowest BCUT2D eigenvalue weighted by Gasteiger charge is -2.38. The Morgan fingerprint density at radius 2 is 1.88 bits per heavy atom. The molecule has 0 spiro atoms. The van der Waals surface area contributed by atoms with Gasteiger partial charge in [-0.2, -0.15) is 5.26 Å². The second-order valence-corrected chi connectivity index (χ2v) is 17.2. The summed E-state index contributed by atoms with van der Waals surface area (Å²) < 4.78 is 29.6. The standard InChI is InChI=1S/C30H45N5O6S/c1-16-10-20(36)30(12-19(16)30)15-42(40,41)34-23(27(2,3)4)26(39)35-14-29(7)22(28(29,5)6)21(35)25(38)33-18(13-31)11-17-8-9-32-24(17)37/h16-19,21-23,34H,8-12,14-15H2,1-7H3,(H,32,37)(H,33,38)/t16-,17+,18+,19?,21+,22+,23-,29+,30-/m1/s1. The molecule has 12 heteroatoms. The molecule has 2 aliphatic heterocycles. The molecule has 2 saturated heterocycles. The highest BCUT2D eigenvalue weighted by Gasteiger charge is 2.77. The number of nitrogens with one attached hydrogen (secondary N) is 3. The molecule has 5 fully saturated rings. The second-order valence-electron chi connectivity index (χ2n) is 15.5. The molecule has 3 saturated carbocycles. The van der Waals surface area contributed by atoms with Crippen LogP contribution in [0.4, 0.5) is 0 Å². The zero-order valence-electron chi connectivity index (χ0n) is 25.7. The van der Waals surface area contributed by atoms with Crippen LogP contribution in [0.25, 0.3) is 0 Å². The molecule has 232 valence electrons. The van der Waals surface area contributed by atoms with Crippen LogP contribution in [0.15, 0.2) is 0 Å². The molecule has 1 unspecified atom stereocenters. The predicted octanol–water partition coefficient (Wildman–Crippen LogP) is 1.34. The van der Waals surface area contributed by atoms with Crippen LogP contribution in [0.1, 0.15) is 74.1 Å². The molecule has 9 atom stereocenters. The molecule has 42 heavy (non-hydrogen) atoms. The molecule has 0 aromatic carbocycles. The molecular formula is C30H45N5O6S. The van der Waals surface area contributed by atoms with Gasteiger partial charge in [-0.15, -0.1) is 0 Å². The first-order chi connectivity index (χ1) is 19.3. The number of rotatable bonds is 9. The number of hydrogen-bond acceptors (Lipinski definition) is 7. The number of carbonyl (C=O) groups is 4. The van der Waals surface area contributed by atoms with E-state index >= 15 is 0 Å². The average molecular weight is 604 g/mol. The molecule has 0 bridgehead atoms. The molecule has 3 amide bonds. The number of amides is 3. The fourth-order valence-corrected chi connectivity index (χ4v) is 10.5. The number of carbonyl (C=O) groups excluding carboxylic acids is 4. The van der Waals surface area contributed by atoms with Crippen molar-refractivity contribution in [3.05, 3.63) is 0 Å². The fraction of sp³-hybridized carbons (Fsp3) is 0.833. The second kappa shape index (κ2) is 9.74. The largest absolute Gasteiger partial charge is 0.356 e. The normalized spacial score (nSPS) is 37.8. The Bertz CT molecular complexity index is 1360.